The van der Waals surface area contributed by atoms with Crippen LogP contribution in [0.5, 0.6) is 0 Å². The van der Waals surface area contributed by atoms with Gasteiger partial charge < -0.3 is 15.5 Å². The first-order valence-corrected chi connectivity index (χ1v) is 16.1. The van der Waals surface area contributed by atoms with Crippen molar-refractivity contribution in [3.05, 3.63) is 47.5 Å². The molecule has 3 aliphatic rings. The molecule has 10 nitrogen and oxygen atoms in total. The summed E-state index contributed by atoms with van der Waals surface area (Å²) >= 11 is 0. The number of aryl methyl sites for hydroxylation is 1. The molecule has 0 radical (unpaired) electrons. The summed E-state index contributed by atoms with van der Waals surface area (Å²) < 4.78 is 17.1. The number of aromatic nitrogens is 2. The third-order valence-electron chi connectivity index (χ3n) is 9.75. The van der Waals surface area contributed by atoms with Crippen LogP contribution in [0.25, 0.3) is 0 Å². The summed E-state index contributed by atoms with van der Waals surface area (Å²) in [5.74, 6) is -2.05. The quantitative estimate of drug-likeness (QED) is 0.354. The molecule has 4 atom stereocenters. The van der Waals surface area contributed by atoms with Crippen LogP contribution in [-0.2, 0) is 27.3 Å². The zero-order valence-corrected chi connectivity index (χ0v) is 26.1. The second-order valence-electron chi connectivity index (χ2n) is 12.6. The monoisotopic (exact) mass is 608 g/mol. The fraction of sp³-hybridized carbons (Fsp3) is 0.606. The molecule has 238 valence electrons. The Morgan fingerprint density at radius 2 is 1.82 bits per heavy atom. The summed E-state index contributed by atoms with van der Waals surface area (Å²) in [4.78, 5) is 56.8. The van der Waals surface area contributed by atoms with Crippen molar-refractivity contribution in [3.63, 3.8) is 0 Å². The summed E-state index contributed by atoms with van der Waals surface area (Å²) in [6.45, 7) is 5.63. The number of likely N-dealkylation sites (tertiary alicyclic amines) is 2. The maximum atomic E-state index is 15.5. The van der Waals surface area contributed by atoms with Gasteiger partial charge in [0.2, 0.25) is 17.7 Å². The highest BCUT2D eigenvalue weighted by Crippen LogP contribution is 2.34. The van der Waals surface area contributed by atoms with Gasteiger partial charge in [-0.3, -0.25) is 28.8 Å². The number of hydrogen-bond donors (Lipinski definition) is 2. The average Bonchev–Trinajstić information content (AvgIpc) is 3.76. The number of piperazine rings is 1. The van der Waals surface area contributed by atoms with Gasteiger partial charge in [0.15, 0.2) is 5.78 Å². The van der Waals surface area contributed by atoms with Crippen molar-refractivity contribution in [2.75, 3.05) is 25.5 Å². The van der Waals surface area contributed by atoms with Crippen LogP contribution >= 0.6 is 0 Å². The third kappa shape index (κ3) is 7.03. The number of likely N-dealkylation sites (N-methyl/N-ethyl adjacent to an activating group) is 1. The number of fused-ring (bicyclic) bond motifs is 2. The first-order chi connectivity index (χ1) is 21.2. The van der Waals surface area contributed by atoms with E-state index in [-0.39, 0.29) is 60.4 Å². The smallest absolute Gasteiger partial charge is 0.245 e. The molecule has 3 amide bonds. The van der Waals surface area contributed by atoms with Gasteiger partial charge in [-0.15, -0.1) is 0 Å². The van der Waals surface area contributed by atoms with Crippen LogP contribution in [0.1, 0.15) is 81.3 Å². The molecule has 3 fully saturated rings. The largest absolute Gasteiger partial charge is 0.344 e. The van der Waals surface area contributed by atoms with Gasteiger partial charge in [-0.2, -0.15) is 5.10 Å². The summed E-state index contributed by atoms with van der Waals surface area (Å²) in [6.07, 6.45) is 7.75. The lowest BCUT2D eigenvalue weighted by Gasteiger charge is -2.34. The molecule has 2 saturated heterocycles. The lowest BCUT2D eigenvalue weighted by molar-refractivity contribution is -0.138. The third-order valence-corrected chi connectivity index (χ3v) is 9.75. The molecule has 0 unspecified atom stereocenters. The van der Waals surface area contributed by atoms with E-state index in [4.69, 9.17) is 0 Å². The van der Waals surface area contributed by atoms with Gasteiger partial charge in [0.25, 0.3) is 0 Å². The van der Waals surface area contributed by atoms with Gasteiger partial charge in [-0.25, -0.2) is 4.39 Å². The molecule has 1 aromatic heterocycles. The van der Waals surface area contributed by atoms with Crippen molar-refractivity contribution >= 4 is 29.2 Å². The van der Waals surface area contributed by atoms with Crippen molar-refractivity contribution in [1.82, 2.24) is 24.9 Å². The predicted octanol–water partition coefficient (Wildman–Crippen LogP) is 3.80. The first-order valence-electron chi connectivity index (χ1n) is 16.1. The number of carbonyl (C=O) groups is 4. The summed E-state index contributed by atoms with van der Waals surface area (Å²) in [5, 5.41) is 9.80. The lowest BCUT2D eigenvalue weighted by atomic mass is 9.77. The number of ketones is 1. The standard InChI is InChI=1S/C33H45FN6O4/c1-4-31(42)36-28(33(44)39-20-23-17-24(39)19-38(23)3)16-21-11-12-27(26(34)15-21)37-32(43)25(22-9-7-6-8-10-22)18-30(41)29-13-14-35-40(29)5-2/h11-15,22-25,28H,4-10,16-20H2,1-3H3,(H,36,42)(H,37,43)/t23-,24-,25+,28-/m1/s1. The molecular formula is C33H45FN6O4. The molecule has 3 heterocycles. The van der Waals surface area contributed by atoms with E-state index in [0.29, 0.717) is 30.4 Å². The number of benzene rings is 1. The Hall–Kier alpha value is -3.60. The topological polar surface area (TPSA) is 117 Å². The zero-order chi connectivity index (χ0) is 31.4. The van der Waals surface area contributed by atoms with Crippen molar-refractivity contribution in [3.8, 4) is 0 Å². The number of anilines is 1. The van der Waals surface area contributed by atoms with Crippen molar-refractivity contribution in [2.24, 2.45) is 11.8 Å². The van der Waals surface area contributed by atoms with Gasteiger partial charge in [0.1, 0.15) is 17.6 Å². The predicted molar refractivity (Wildman–Crippen MR) is 164 cm³/mol. The first kappa shape index (κ1) is 31.8. The molecule has 11 heteroatoms. The molecule has 0 spiro atoms. The number of halogens is 1. The number of carbonyl (C=O) groups excluding carboxylic acids is 4. The van der Waals surface area contributed by atoms with Crippen LogP contribution in [-0.4, -0.2) is 81.3 Å². The number of hydrogen-bond acceptors (Lipinski definition) is 6. The van der Waals surface area contributed by atoms with Gasteiger partial charge >= 0.3 is 0 Å². The van der Waals surface area contributed by atoms with E-state index in [2.05, 4.69) is 27.7 Å². The number of nitrogens with zero attached hydrogens (tertiary/aromatic N) is 4. The number of Topliss-reactive ketones (excluding diaryl/α,β-unsaturated/α-hetero) is 1. The van der Waals surface area contributed by atoms with Crippen molar-refractivity contribution in [2.45, 2.75) is 96.3 Å². The highest BCUT2D eigenvalue weighted by Gasteiger charge is 2.45. The Morgan fingerprint density at radius 1 is 1.05 bits per heavy atom. The van der Waals surface area contributed by atoms with Crippen LogP contribution in [0.15, 0.2) is 30.5 Å². The Morgan fingerprint density at radius 3 is 2.45 bits per heavy atom. The van der Waals surface area contributed by atoms with E-state index in [0.717, 1.165) is 45.1 Å². The SMILES string of the molecule is CCC(=O)N[C@H](Cc1ccc(NC(=O)[C@@H](CC(=O)c2ccnn2CC)C2CCCCC2)c(F)c1)C(=O)N1C[C@H]2C[C@@H]1CN2C. The van der Waals surface area contributed by atoms with E-state index >= 15 is 4.39 Å². The maximum absolute atomic E-state index is 15.5. The number of nitrogens with one attached hydrogen (secondary N) is 2. The Labute approximate surface area is 258 Å². The molecule has 2 aliphatic heterocycles. The Kier molecular flexibility index (Phi) is 10.1. The Balaban J connectivity index is 1.28. The molecule has 44 heavy (non-hydrogen) atoms. The van der Waals surface area contributed by atoms with Crippen molar-refractivity contribution < 1.29 is 23.6 Å². The van der Waals surface area contributed by atoms with Gasteiger partial charge in [-0.1, -0.05) is 32.3 Å². The fourth-order valence-electron chi connectivity index (χ4n) is 7.22. The van der Waals surface area contributed by atoms with Crippen LogP contribution in [0.4, 0.5) is 10.1 Å². The molecule has 2 aromatic rings. The lowest BCUT2D eigenvalue weighted by Crippen LogP contribution is -2.55. The van der Waals surface area contributed by atoms with Crippen LogP contribution in [0.3, 0.4) is 0 Å². The van der Waals surface area contributed by atoms with E-state index in [1.165, 1.54) is 12.1 Å². The molecule has 1 aromatic carbocycles. The average molecular weight is 609 g/mol. The molecule has 2 bridgehead atoms. The molecule has 5 rings (SSSR count). The molecule has 2 N–H and O–H groups in total. The number of amides is 3. The fourth-order valence-corrected chi connectivity index (χ4v) is 7.22. The highest BCUT2D eigenvalue weighted by molar-refractivity contribution is 6.00. The van der Waals surface area contributed by atoms with Gasteiger partial charge in [-0.05, 0) is 62.9 Å². The zero-order valence-electron chi connectivity index (χ0n) is 26.1. The Bertz CT molecular complexity index is 1370. The van der Waals surface area contributed by atoms with Gasteiger partial charge in [0.05, 0.1) is 5.69 Å². The normalized spacial score (nSPS) is 21.7. The van der Waals surface area contributed by atoms with Crippen LogP contribution in [0.2, 0.25) is 0 Å². The summed E-state index contributed by atoms with van der Waals surface area (Å²) in [7, 11) is 2.06. The summed E-state index contributed by atoms with van der Waals surface area (Å²) in [5.41, 5.74) is 1.05. The van der Waals surface area contributed by atoms with Gasteiger partial charge in [0, 0.05) is 63.1 Å². The highest BCUT2D eigenvalue weighted by atomic mass is 19.1. The molecule has 1 aliphatic carbocycles. The van der Waals surface area contributed by atoms with E-state index in [1.807, 2.05) is 11.8 Å². The van der Waals surface area contributed by atoms with Crippen LogP contribution in [0, 0.1) is 17.7 Å². The maximum Gasteiger partial charge on any atom is 0.245 e. The second-order valence-corrected chi connectivity index (χ2v) is 12.6. The van der Waals surface area contributed by atoms with E-state index in [1.54, 1.807) is 29.9 Å². The molecular weight excluding hydrogens is 563 g/mol. The van der Waals surface area contributed by atoms with Crippen molar-refractivity contribution in [1.29, 1.82) is 0 Å². The minimum Gasteiger partial charge on any atom is -0.344 e. The minimum atomic E-state index is -0.801. The van der Waals surface area contributed by atoms with E-state index in [9.17, 15) is 19.2 Å². The van der Waals surface area contributed by atoms with E-state index < -0.39 is 17.8 Å². The minimum absolute atomic E-state index is 0.0333. The summed E-state index contributed by atoms with van der Waals surface area (Å²) in [6, 6.07) is 5.83. The van der Waals surface area contributed by atoms with Crippen LogP contribution < -0.4 is 10.6 Å². The second kappa shape index (κ2) is 14.0. The number of rotatable bonds is 12. The molecule has 1 saturated carbocycles.